The minimum absolute atomic E-state index is 0.165. The van der Waals surface area contributed by atoms with E-state index in [-0.39, 0.29) is 6.54 Å². The predicted molar refractivity (Wildman–Crippen MR) is 67.4 cm³/mol. The molecule has 0 aliphatic carbocycles. The maximum absolute atomic E-state index is 9.95. The lowest BCUT2D eigenvalue weighted by molar-refractivity contribution is 0.0243. The molecule has 1 rings (SSSR count). The molecule has 0 aliphatic rings. The highest BCUT2D eigenvalue weighted by Crippen LogP contribution is 2.28. The summed E-state index contributed by atoms with van der Waals surface area (Å²) in [6, 6.07) is 3.49. The van der Waals surface area contributed by atoms with Gasteiger partial charge in [0.15, 0.2) is 0 Å². The maximum atomic E-state index is 9.95. The fourth-order valence-electron chi connectivity index (χ4n) is 1.92. The monoisotopic (exact) mass is 251 g/mol. The van der Waals surface area contributed by atoms with E-state index in [9.17, 15) is 10.2 Å². The third-order valence-electron chi connectivity index (χ3n) is 2.72. The highest BCUT2D eigenvalue weighted by molar-refractivity contribution is 5.44. The minimum Gasteiger partial charge on any atom is -0.496 e. The molecule has 2 unspecified atom stereocenters. The highest BCUT2D eigenvalue weighted by Gasteiger charge is 2.19. The number of aliphatic hydroxyl groups is 2. The van der Waals surface area contributed by atoms with Gasteiger partial charge in [0.1, 0.15) is 11.9 Å². The predicted octanol–water partition coefficient (Wildman–Crippen LogP) is 2.02. The van der Waals surface area contributed by atoms with Crippen LogP contribution >= 0.6 is 0 Å². The molecule has 0 fully saturated rings. The largest absolute Gasteiger partial charge is 0.496 e. The highest BCUT2D eigenvalue weighted by atomic mass is 16.5. The summed E-state index contributed by atoms with van der Waals surface area (Å²) in [6.45, 7) is 3.56. The van der Waals surface area contributed by atoms with Crippen LogP contribution in [0.5, 0.6) is 5.75 Å². The van der Waals surface area contributed by atoms with Crippen LogP contribution in [-0.4, -0.2) is 30.0 Å². The molecule has 0 heterocycles. The Morgan fingerprint density at radius 3 is 2.33 bits per heavy atom. The Morgan fingerprint density at radius 1 is 1.33 bits per heavy atom. The van der Waals surface area contributed by atoms with Gasteiger partial charge in [0.05, 0.1) is 19.8 Å². The van der Waals surface area contributed by atoms with Crippen LogP contribution in [0.25, 0.3) is 10.4 Å². The van der Waals surface area contributed by atoms with Crippen LogP contribution in [0.15, 0.2) is 17.2 Å². The van der Waals surface area contributed by atoms with Gasteiger partial charge in [-0.05, 0) is 48.2 Å². The van der Waals surface area contributed by atoms with Gasteiger partial charge < -0.3 is 14.9 Å². The van der Waals surface area contributed by atoms with Gasteiger partial charge in [-0.2, -0.15) is 0 Å². The van der Waals surface area contributed by atoms with Crippen LogP contribution in [0.1, 0.15) is 22.8 Å². The molecule has 0 saturated carbocycles. The molecule has 0 radical (unpaired) electrons. The lowest BCUT2D eigenvalue weighted by atomic mass is 9.99. The molecule has 2 N–H and O–H groups in total. The number of aryl methyl sites for hydroxylation is 2. The first-order valence-corrected chi connectivity index (χ1v) is 5.53. The van der Waals surface area contributed by atoms with E-state index in [1.165, 1.54) is 0 Å². The molecule has 2 atom stereocenters. The molecular formula is C12H17N3O3. The molecule has 0 amide bonds. The van der Waals surface area contributed by atoms with Crippen molar-refractivity contribution in [3.63, 3.8) is 0 Å². The Balaban J connectivity index is 2.99. The maximum Gasteiger partial charge on any atom is 0.124 e. The molecule has 6 nitrogen and oxygen atoms in total. The summed E-state index contributed by atoms with van der Waals surface area (Å²) >= 11 is 0. The Labute approximate surface area is 105 Å². The van der Waals surface area contributed by atoms with Gasteiger partial charge in [-0.15, -0.1) is 0 Å². The zero-order chi connectivity index (χ0) is 13.7. The molecule has 0 saturated heterocycles. The third kappa shape index (κ3) is 3.13. The standard InChI is InChI=1S/C12H17N3O3/c1-7-4-9(5-8(2)12(7)18-3)11(17)10(16)6-14-15-13/h4-5,10-11,16-17H,6H2,1-3H3. The second-order valence-electron chi connectivity index (χ2n) is 4.11. The van der Waals surface area contributed by atoms with Crippen molar-refractivity contribution in [3.05, 3.63) is 39.3 Å². The van der Waals surface area contributed by atoms with Crippen molar-refractivity contribution >= 4 is 0 Å². The summed E-state index contributed by atoms with van der Waals surface area (Å²) in [5.41, 5.74) is 10.5. The van der Waals surface area contributed by atoms with Crippen LogP contribution in [0, 0.1) is 13.8 Å². The fourth-order valence-corrected chi connectivity index (χ4v) is 1.92. The van der Waals surface area contributed by atoms with E-state index in [1.807, 2.05) is 13.8 Å². The van der Waals surface area contributed by atoms with E-state index in [0.29, 0.717) is 5.56 Å². The van der Waals surface area contributed by atoms with Crippen molar-refractivity contribution in [1.29, 1.82) is 0 Å². The molecule has 1 aromatic carbocycles. The van der Waals surface area contributed by atoms with Crippen molar-refractivity contribution in [3.8, 4) is 5.75 Å². The van der Waals surface area contributed by atoms with Crippen molar-refractivity contribution in [2.24, 2.45) is 5.11 Å². The lowest BCUT2D eigenvalue weighted by Gasteiger charge is -2.19. The summed E-state index contributed by atoms with van der Waals surface area (Å²) in [5.74, 6) is 0.760. The second kappa shape index (κ2) is 6.26. The number of hydrogen-bond donors (Lipinski definition) is 2. The molecule has 1 aromatic rings. The zero-order valence-electron chi connectivity index (χ0n) is 10.7. The first kappa shape index (κ1) is 14.3. The van der Waals surface area contributed by atoms with Gasteiger partial charge in [0.25, 0.3) is 0 Å². The number of aliphatic hydroxyl groups excluding tert-OH is 2. The van der Waals surface area contributed by atoms with Crippen LogP contribution in [0.4, 0.5) is 0 Å². The van der Waals surface area contributed by atoms with Gasteiger partial charge in [0, 0.05) is 4.91 Å². The number of hydrogen-bond acceptors (Lipinski definition) is 4. The van der Waals surface area contributed by atoms with E-state index < -0.39 is 12.2 Å². The Hall–Kier alpha value is -1.75. The molecule has 18 heavy (non-hydrogen) atoms. The van der Waals surface area contributed by atoms with Crippen LogP contribution in [-0.2, 0) is 0 Å². The number of benzene rings is 1. The molecular weight excluding hydrogens is 234 g/mol. The first-order valence-electron chi connectivity index (χ1n) is 5.53. The first-order chi connectivity index (χ1) is 8.51. The molecule has 98 valence electrons. The number of azide groups is 1. The van der Waals surface area contributed by atoms with Gasteiger partial charge in [-0.3, -0.25) is 0 Å². The number of rotatable bonds is 5. The van der Waals surface area contributed by atoms with Crippen molar-refractivity contribution in [2.45, 2.75) is 26.1 Å². The normalized spacial score (nSPS) is 13.6. The van der Waals surface area contributed by atoms with Crippen LogP contribution in [0.2, 0.25) is 0 Å². The average Bonchev–Trinajstić information content (AvgIpc) is 2.34. The average molecular weight is 251 g/mol. The van der Waals surface area contributed by atoms with Crippen molar-refractivity contribution < 1.29 is 14.9 Å². The summed E-state index contributed by atoms with van der Waals surface area (Å²) in [6.07, 6.45) is -2.20. The van der Waals surface area contributed by atoms with Gasteiger partial charge in [0.2, 0.25) is 0 Å². The molecule has 0 spiro atoms. The quantitative estimate of drug-likeness (QED) is 0.475. The molecule has 0 aromatic heterocycles. The summed E-state index contributed by atoms with van der Waals surface area (Å²) < 4.78 is 5.23. The fraction of sp³-hybridized carbons (Fsp3) is 0.500. The molecule has 6 heteroatoms. The zero-order valence-corrected chi connectivity index (χ0v) is 10.7. The van der Waals surface area contributed by atoms with Crippen LogP contribution in [0.3, 0.4) is 0 Å². The molecule has 0 aliphatic heterocycles. The van der Waals surface area contributed by atoms with Crippen molar-refractivity contribution in [1.82, 2.24) is 0 Å². The second-order valence-corrected chi connectivity index (χ2v) is 4.11. The summed E-state index contributed by atoms with van der Waals surface area (Å²) in [5, 5.41) is 22.9. The van der Waals surface area contributed by atoms with Crippen LogP contribution < -0.4 is 4.74 Å². The van der Waals surface area contributed by atoms with Gasteiger partial charge in [-0.1, -0.05) is 5.11 Å². The van der Waals surface area contributed by atoms with Gasteiger partial charge >= 0.3 is 0 Å². The summed E-state index contributed by atoms with van der Waals surface area (Å²) in [4.78, 5) is 2.55. The SMILES string of the molecule is COc1c(C)cc(C(O)C(O)CN=[N+]=[N-])cc1C. The topological polar surface area (TPSA) is 98.5 Å². The number of nitrogens with zero attached hydrogens (tertiary/aromatic N) is 3. The number of methoxy groups -OCH3 is 1. The smallest absolute Gasteiger partial charge is 0.124 e. The number of ether oxygens (including phenoxy) is 1. The van der Waals surface area contributed by atoms with E-state index in [1.54, 1.807) is 19.2 Å². The van der Waals surface area contributed by atoms with E-state index in [2.05, 4.69) is 10.0 Å². The Kier molecular flexibility index (Phi) is 4.97. The van der Waals surface area contributed by atoms with E-state index in [4.69, 9.17) is 10.3 Å². The molecule has 0 bridgehead atoms. The Morgan fingerprint density at radius 2 is 1.89 bits per heavy atom. The van der Waals surface area contributed by atoms with E-state index in [0.717, 1.165) is 16.9 Å². The Bertz CT molecular complexity index is 447. The van der Waals surface area contributed by atoms with E-state index >= 15 is 0 Å². The third-order valence-corrected chi connectivity index (χ3v) is 2.72. The van der Waals surface area contributed by atoms with Gasteiger partial charge in [-0.25, -0.2) is 0 Å². The summed E-state index contributed by atoms with van der Waals surface area (Å²) in [7, 11) is 1.59. The van der Waals surface area contributed by atoms with Crippen molar-refractivity contribution in [2.75, 3.05) is 13.7 Å². The minimum atomic E-state index is -1.12. The lowest BCUT2D eigenvalue weighted by Crippen LogP contribution is -2.21.